The first-order valence-electron chi connectivity index (χ1n) is 12.2. The molecule has 5 rings (SSSR count). The van der Waals surface area contributed by atoms with E-state index in [9.17, 15) is 48.3 Å². The van der Waals surface area contributed by atoms with Gasteiger partial charge in [-0.15, -0.1) is 0 Å². The third kappa shape index (κ3) is 3.81. The van der Waals surface area contributed by atoms with Crippen LogP contribution in [0.1, 0.15) is 49.3 Å². The van der Waals surface area contributed by atoms with E-state index in [0.29, 0.717) is 25.0 Å². The first kappa shape index (κ1) is 27.9. The first-order chi connectivity index (χ1) is 17.9. The van der Waals surface area contributed by atoms with Gasteiger partial charge in [0.05, 0.1) is 10.9 Å². The Morgan fingerprint density at radius 2 is 1.51 bits per heavy atom. The number of rotatable bonds is 4. The van der Waals surface area contributed by atoms with E-state index >= 15 is 0 Å². The Balaban J connectivity index is 1.71. The number of halogens is 8. The minimum Gasteiger partial charge on any atom is -0.337 e. The lowest BCUT2D eigenvalue weighted by Gasteiger charge is -2.43. The van der Waals surface area contributed by atoms with Gasteiger partial charge in [-0.3, -0.25) is 4.79 Å². The van der Waals surface area contributed by atoms with Crippen LogP contribution in [0.5, 0.6) is 0 Å². The van der Waals surface area contributed by atoms with Crippen LogP contribution < -0.4 is 0 Å². The zero-order valence-electron chi connectivity index (χ0n) is 20.5. The molecular formula is C26H23F8NO3S. The highest BCUT2D eigenvalue weighted by atomic mass is 32.2. The number of likely N-dealkylation sites (tertiary alicyclic amines) is 1. The molecule has 1 saturated heterocycles. The van der Waals surface area contributed by atoms with Crippen molar-refractivity contribution in [1.82, 2.24) is 4.90 Å². The lowest BCUT2D eigenvalue weighted by atomic mass is 9.76. The smallest absolute Gasteiger partial charge is 0.337 e. The zero-order chi connectivity index (χ0) is 28.8. The van der Waals surface area contributed by atoms with Gasteiger partial charge in [0, 0.05) is 17.5 Å². The van der Waals surface area contributed by atoms with Crippen molar-refractivity contribution in [3.8, 4) is 0 Å². The fourth-order valence-electron chi connectivity index (χ4n) is 6.05. The summed E-state index contributed by atoms with van der Waals surface area (Å²) >= 11 is 0. The first-order valence-corrected chi connectivity index (χ1v) is 13.7. The molecule has 2 aliphatic carbocycles. The van der Waals surface area contributed by atoms with E-state index in [2.05, 4.69) is 0 Å². The average Bonchev–Trinajstić information content (AvgIpc) is 3.47. The Bertz CT molecular complexity index is 1420. The van der Waals surface area contributed by atoms with Crippen molar-refractivity contribution in [2.24, 2.45) is 5.41 Å². The summed E-state index contributed by atoms with van der Waals surface area (Å²) in [6.07, 6.45) is -11.9. The predicted octanol–water partition coefficient (Wildman–Crippen LogP) is 6.13. The normalized spacial score (nSPS) is 24.7. The molecule has 2 aromatic carbocycles. The van der Waals surface area contributed by atoms with E-state index in [1.165, 1.54) is 4.90 Å². The van der Waals surface area contributed by atoms with Gasteiger partial charge in [0.2, 0.25) is 5.91 Å². The Kier molecular flexibility index (Phi) is 6.00. The molecule has 1 heterocycles. The lowest BCUT2D eigenvalue weighted by molar-refractivity contribution is -0.348. The Morgan fingerprint density at radius 1 is 0.923 bits per heavy atom. The molecule has 13 heteroatoms. The Morgan fingerprint density at radius 3 is 2.05 bits per heavy atom. The molecule has 1 amide bonds. The van der Waals surface area contributed by atoms with Gasteiger partial charge in [-0.2, -0.15) is 26.3 Å². The van der Waals surface area contributed by atoms with Gasteiger partial charge in [-0.05, 0) is 67.5 Å². The van der Waals surface area contributed by atoms with Crippen LogP contribution in [0.3, 0.4) is 0 Å². The number of alkyl halides is 7. The van der Waals surface area contributed by atoms with Crippen molar-refractivity contribution < 1.29 is 48.3 Å². The molecule has 0 radical (unpaired) electrons. The van der Waals surface area contributed by atoms with Gasteiger partial charge < -0.3 is 4.90 Å². The van der Waals surface area contributed by atoms with E-state index in [-0.39, 0.29) is 47.7 Å². The van der Waals surface area contributed by atoms with E-state index in [1.807, 2.05) is 0 Å². The summed E-state index contributed by atoms with van der Waals surface area (Å²) in [7, 11) is -4.49. The highest BCUT2D eigenvalue weighted by molar-refractivity contribution is 7.92. The van der Waals surface area contributed by atoms with Crippen molar-refractivity contribution in [3.05, 3.63) is 65.0 Å². The van der Waals surface area contributed by atoms with Crippen molar-refractivity contribution in [2.45, 2.75) is 72.7 Å². The monoisotopic (exact) mass is 581 g/mol. The van der Waals surface area contributed by atoms with Crippen LogP contribution in [-0.2, 0) is 31.5 Å². The molecular weight excluding hydrogens is 558 g/mol. The Labute approximate surface area is 218 Å². The zero-order valence-corrected chi connectivity index (χ0v) is 21.3. The largest absolute Gasteiger partial charge is 0.435 e. The highest BCUT2D eigenvalue weighted by Gasteiger charge is 2.74. The van der Waals surface area contributed by atoms with E-state index in [1.54, 1.807) is 6.92 Å². The van der Waals surface area contributed by atoms with Gasteiger partial charge in [0.15, 0.2) is 9.84 Å². The number of hydrogen-bond acceptors (Lipinski definition) is 3. The van der Waals surface area contributed by atoms with Crippen molar-refractivity contribution >= 4 is 15.7 Å². The summed E-state index contributed by atoms with van der Waals surface area (Å²) in [4.78, 5) is 14.5. The molecule has 0 spiro atoms. The molecule has 4 nitrogen and oxygen atoms in total. The molecule has 0 unspecified atom stereocenters. The second-order valence-electron chi connectivity index (χ2n) is 10.7. The highest BCUT2D eigenvalue weighted by Crippen LogP contribution is 2.58. The van der Waals surface area contributed by atoms with Crippen LogP contribution in [0.25, 0.3) is 0 Å². The number of aryl methyl sites for hydroxylation is 1. The predicted molar refractivity (Wildman–Crippen MR) is 122 cm³/mol. The SMILES string of the molecule is CC1(C(=O)N2CC[C@]3(S(=O)(=O)c4ccc(F)cc4)c4ccc(C(F)(C(F)(F)F)C(F)(F)F)cc4CC[C@H]23)CC1. The van der Waals surface area contributed by atoms with Crippen LogP contribution in [0.2, 0.25) is 0 Å². The molecule has 39 heavy (non-hydrogen) atoms. The quantitative estimate of drug-likeness (QED) is 0.323. The molecule has 1 aliphatic heterocycles. The van der Waals surface area contributed by atoms with E-state index in [0.717, 1.165) is 30.3 Å². The number of fused-ring (bicyclic) bond motifs is 3. The minimum atomic E-state index is -6.33. The molecule has 2 fully saturated rings. The van der Waals surface area contributed by atoms with Crippen molar-refractivity contribution in [1.29, 1.82) is 0 Å². The summed E-state index contributed by atoms with van der Waals surface area (Å²) in [5, 5.41) is 0. The summed E-state index contributed by atoms with van der Waals surface area (Å²) in [5.74, 6) is -0.999. The molecule has 2 atom stereocenters. The molecule has 212 valence electrons. The Hall–Kier alpha value is -2.70. The van der Waals surface area contributed by atoms with Crippen LogP contribution in [0.4, 0.5) is 35.1 Å². The lowest BCUT2D eigenvalue weighted by Crippen LogP contribution is -2.53. The number of carbonyl (C=O) groups is 1. The van der Waals surface area contributed by atoms with Gasteiger partial charge >= 0.3 is 18.0 Å². The molecule has 2 aromatic rings. The topological polar surface area (TPSA) is 54.5 Å². The van der Waals surface area contributed by atoms with Crippen LogP contribution in [-0.4, -0.2) is 44.2 Å². The summed E-state index contributed by atoms with van der Waals surface area (Å²) < 4.78 is 136. The maximum absolute atomic E-state index is 14.9. The maximum atomic E-state index is 14.9. The molecule has 0 bridgehead atoms. The number of carbonyl (C=O) groups excluding carboxylic acids is 1. The number of benzene rings is 2. The number of nitrogens with zero attached hydrogens (tertiary/aromatic N) is 1. The van der Waals surface area contributed by atoms with Crippen LogP contribution in [0, 0.1) is 11.2 Å². The summed E-state index contributed by atoms with van der Waals surface area (Å²) in [6.45, 7) is 1.72. The maximum Gasteiger partial charge on any atom is 0.435 e. The van der Waals surface area contributed by atoms with Gasteiger partial charge in [0.25, 0.3) is 0 Å². The third-order valence-electron chi connectivity index (χ3n) is 8.45. The minimum absolute atomic E-state index is 0.0150. The number of sulfone groups is 1. The van der Waals surface area contributed by atoms with Crippen LogP contribution >= 0.6 is 0 Å². The van der Waals surface area contributed by atoms with E-state index in [4.69, 9.17) is 0 Å². The average molecular weight is 582 g/mol. The fourth-order valence-corrected chi connectivity index (χ4v) is 8.41. The number of amides is 1. The van der Waals surface area contributed by atoms with Crippen molar-refractivity contribution in [2.75, 3.05) is 6.54 Å². The summed E-state index contributed by atoms with van der Waals surface area (Å²) in [5.41, 5.74) is -8.32. The molecule has 3 aliphatic rings. The molecule has 0 N–H and O–H groups in total. The third-order valence-corrected chi connectivity index (χ3v) is 11.0. The standard InChI is InChI=1S/C26H23F8NO3S/c1-22(10-11-22)21(36)35-13-12-23(39(37,38)18-6-4-17(27)5-7-18)19-8-3-16(14-15(19)2-9-20(23)35)24(28,25(29,30)31)26(32,33)34/h3-8,14,20H,2,9-13H2,1H3/t20-,23-/m0/s1. The fraction of sp³-hybridized carbons (Fsp3) is 0.500. The second-order valence-corrected chi connectivity index (χ2v) is 12.9. The molecule has 0 aromatic heterocycles. The second kappa shape index (κ2) is 8.40. The summed E-state index contributed by atoms with van der Waals surface area (Å²) in [6, 6.07) is 4.44. The van der Waals surface area contributed by atoms with Gasteiger partial charge in [0.1, 0.15) is 10.6 Å². The van der Waals surface area contributed by atoms with Crippen molar-refractivity contribution in [3.63, 3.8) is 0 Å². The van der Waals surface area contributed by atoms with Gasteiger partial charge in [-0.1, -0.05) is 25.1 Å². The van der Waals surface area contributed by atoms with E-state index < -0.39 is 55.4 Å². The van der Waals surface area contributed by atoms with Crippen LogP contribution in [0.15, 0.2) is 47.4 Å². The molecule has 1 saturated carbocycles. The number of hydrogen-bond donors (Lipinski definition) is 0. The van der Waals surface area contributed by atoms with Gasteiger partial charge in [-0.25, -0.2) is 17.2 Å².